The number of likely N-dealkylation sites (tertiary alicyclic amines) is 1. The third-order valence-corrected chi connectivity index (χ3v) is 7.65. The predicted octanol–water partition coefficient (Wildman–Crippen LogP) is 3.79. The molecule has 0 spiro atoms. The molecular formula is C25H33N3O4S. The minimum atomic E-state index is -3.75. The van der Waals surface area contributed by atoms with Crippen LogP contribution in [0.2, 0.25) is 0 Å². The van der Waals surface area contributed by atoms with Crippen LogP contribution in [0.3, 0.4) is 0 Å². The number of hydrogen-bond acceptors (Lipinski definition) is 4. The normalized spacial score (nSPS) is 14.7. The number of sulfonamides is 1. The summed E-state index contributed by atoms with van der Waals surface area (Å²) in [6, 6.07) is 10.2. The van der Waals surface area contributed by atoms with Crippen LogP contribution in [0.1, 0.15) is 53.2 Å². The molecule has 0 unspecified atom stereocenters. The first kappa shape index (κ1) is 24.8. The maximum absolute atomic E-state index is 13.0. The Labute approximate surface area is 196 Å². The van der Waals surface area contributed by atoms with Crippen molar-refractivity contribution in [1.29, 1.82) is 0 Å². The van der Waals surface area contributed by atoms with Crippen molar-refractivity contribution in [2.75, 3.05) is 24.4 Å². The molecule has 178 valence electrons. The van der Waals surface area contributed by atoms with Crippen molar-refractivity contribution in [3.8, 4) is 0 Å². The maximum Gasteiger partial charge on any atom is 0.262 e. The van der Waals surface area contributed by atoms with Crippen molar-refractivity contribution < 1.29 is 18.0 Å². The average molecular weight is 472 g/mol. The van der Waals surface area contributed by atoms with Crippen molar-refractivity contribution in [3.63, 3.8) is 0 Å². The molecule has 8 heteroatoms. The standard InChI is InChI=1S/C25H33N3O4S/c1-5-12-26-24(29)20-10-13-28(14-11-20)25(30)21-6-8-22(9-7-21)27-33(31,32)23-18(3)15-17(2)16-19(23)4/h6-9,15-16,20,27H,5,10-14H2,1-4H3,(H,26,29). The molecular weight excluding hydrogens is 438 g/mol. The number of anilines is 1. The van der Waals surface area contributed by atoms with Gasteiger partial charge in [0.2, 0.25) is 5.91 Å². The van der Waals surface area contributed by atoms with Crippen LogP contribution in [0.4, 0.5) is 5.69 Å². The molecule has 2 N–H and O–H groups in total. The summed E-state index contributed by atoms with van der Waals surface area (Å²) in [7, 11) is -3.75. The highest BCUT2D eigenvalue weighted by molar-refractivity contribution is 7.92. The lowest BCUT2D eigenvalue weighted by atomic mass is 9.95. The van der Waals surface area contributed by atoms with Crippen molar-refractivity contribution in [2.45, 2.75) is 51.9 Å². The Bertz CT molecular complexity index is 1100. The molecule has 0 radical (unpaired) electrons. The van der Waals surface area contributed by atoms with E-state index in [1.807, 2.05) is 26.0 Å². The number of rotatable bonds is 7. The first-order valence-corrected chi connectivity index (χ1v) is 12.9. The van der Waals surface area contributed by atoms with Crippen molar-refractivity contribution in [3.05, 3.63) is 58.7 Å². The highest BCUT2D eigenvalue weighted by Crippen LogP contribution is 2.25. The summed E-state index contributed by atoms with van der Waals surface area (Å²) in [4.78, 5) is 27.0. The Kier molecular flexibility index (Phi) is 7.79. The van der Waals surface area contributed by atoms with Crippen LogP contribution in [0, 0.1) is 26.7 Å². The zero-order valence-corrected chi connectivity index (χ0v) is 20.6. The third-order valence-electron chi connectivity index (χ3n) is 5.96. The second-order valence-corrected chi connectivity index (χ2v) is 10.4. The average Bonchev–Trinajstić information content (AvgIpc) is 2.76. The Balaban J connectivity index is 1.64. The summed E-state index contributed by atoms with van der Waals surface area (Å²) in [6.45, 7) is 9.26. The molecule has 2 amide bonds. The number of aryl methyl sites for hydroxylation is 3. The Hall–Kier alpha value is -2.87. The van der Waals surface area contributed by atoms with Crippen molar-refractivity contribution >= 4 is 27.5 Å². The number of carbonyl (C=O) groups excluding carboxylic acids is 2. The maximum atomic E-state index is 13.0. The van der Waals surface area contributed by atoms with Gasteiger partial charge in [0.25, 0.3) is 15.9 Å². The van der Waals surface area contributed by atoms with Gasteiger partial charge in [-0.1, -0.05) is 24.6 Å². The summed E-state index contributed by atoms with van der Waals surface area (Å²) in [6.07, 6.45) is 2.20. The number of amides is 2. The topological polar surface area (TPSA) is 95.6 Å². The van der Waals surface area contributed by atoms with Crippen LogP contribution < -0.4 is 10.0 Å². The lowest BCUT2D eigenvalue weighted by Crippen LogP contribution is -2.43. The van der Waals surface area contributed by atoms with Crippen molar-refractivity contribution in [2.24, 2.45) is 5.92 Å². The molecule has 0 atom stereocenters. The summed E-state index contributed by atoms with van der Waals surface area (Å²) >= 11 is 0. The lowest BCUT2D eigenvalue weighted by Gasteiger charge is -2.31. The van der Waals surface area contributed by atoms with Gasteiger partial charge in [-0.25, -0.2) is 8.42 Å². The molecule has 1 aliphatic heterocycles. The second-order valence-electron chi connectivity index (χ2n) is 8.77. The molecule has 33 heavy (non-hydrogen) atoms. The van der Waals surface area contributed by atoms with Crippen LogP contribution in [-0.4, -0.2) is 44.8 Å². The molecule has 7 nitrogen and oxygen atoms in total. The number of nitrogens with one attached hydrogen (secondary N) is 2. The molecule has 2 aromatic carbocycles. The molecule has 0 aliphatic carbocycles. The van der Waals surface area contributed by atoms with Gasteiger partial charge in [-0.2, -0.15) is 0 Å². The van der Waals surface area contributed by atoms with E-state index < -0.39 is 10.0 Å². The number of piperidine rings is 1. The highest BCUT2D eigenvalue weighted by atomic mass is 32.2. The predicted molar refractivity (Wildman–Crippen MR) is 130 cm³/mol. The van der Waals surface area contributed by atoms with E-state index >= 15 is 0 Å². The molecule has 0 aromatic heterocycles. The SMILES string of the molecule is CCCNC(=O)C1CCN(C(=O)c2ccc(NS(=O)(=O)c3c(C)cc(C)cc3C)cc2)CC1. The van der Waals surface area contributed by atoms with E-state index in [1.54, 1.807) is 43.0 Å². The first-order chi connectivity index (χ1) is 15.6. The Morgan fingerprint density at radius 2 is 1.58 bits per heavy atom. The Morgan fingerprint density at radius 1 is 1.00 bits per heavy atom. The summed E-state index contributed by atoms with van der Waals surface area (Å²) < 4.78 is 28.5. The van der Waals surface area contributed by atoms with E-state index in [0.29, 0.717) is 54.9 Å². The lowest BCUT2D eigenvalue weighted by molar-refractivity contribution is -0.126. The van der Waals surface area contributed by atoms with E-state index in [0.717, 1.165) is 12.0 Å². The molecule has 0 bridgehead atoms. The van der Waals surface area contributed by atoms with Crippen LogP contribution in [-0.2, 0) is 14.8 Å². The zero-order chi connectivity index (χ0) is 24.2. The van der Waals surface area contributed by atoms with Gasteiger partial charge in [0.05, 0.1) is 4.90 Å². The molecule has 1 aliphatic rings. The van der Waals surface area contributed by atoms with Gasteiger partial charge in [-0.15, -0.1) is 0 Å². The van der Waals surface area contributed by atoms with E-state index in [9.17, 15) is 18.0 Å². The molecule has 1 saturated heterocycles. The van der Waals surface area contributed by atoms with E-state index in [-0.39, 0.29) is 22.6 Å². The second kappa shape index (κ2) is 10.4. The van der Waals surface area contributed by atoms with Crippen LogP contribution >= 0.6 is 0 Å². The summed E-state index contributed by atoms with van der Waals surface area (Å²) in [5.41, 5.74) is 3.29. The van der Waals surface area contributed by atoms with Gasteiger partial charge in [0, 0.05) is 36.8 Å². The van der Waals surface area contributed by atoms with E-state index in [2.05, 4.69) is 10.0 Å². The number of benzene rings is 2. The smallest absolute Gasteiger partial charge is 0.262 e. The number of nitrogens with zero attached hydrogens (tertiary/aromatic N) is 1. The zero-order valence-electron chi connectivity index (χ0n) is 19.8. The molecule has 3 rings (SSSR count). The van der Waals surface area contributed by atoms with Crippen molar-refractivity contribution in [1.82, 2.24) is 10.2 Å². The van der Waals surface area contributed by atoms with Gasteiger partial charge in [-0.3, -0.25) is 14.3 Å². The van der Waals surface area contributed by atoms with E-state index in [4.69, 9.17) is 0 Å². The fourth-order valence-electron chi connectivity index (χ4n) is 4.40. The van der Waals surface area contributed by atoms with Crippen LogP contribution in [0.25, 0.3) is 0 Å². The largest absolute Gasteiger partial charge is 0.356 e. The van der Waals surface area contributed by atoms with Gasteiger partial charge in [0.15, 0.2) is 0 Å². The molecule has 2 aromatic rings. The summed E-state index contributed by atoms with van der Waals surface area (Å²) in [5.74, 6) is -0.0900. The molecule has 0 saturated carbocycles. The fourth-order valence-corrected chi connectivity index (χ4v) is 5.91. The van der Waals surface area contributed by atoms with Gasteiger partial charge in [0.1, 0.15) is 0 Å². The fraction of sp³-hybridized carbons (Fsp3) is 0.440. The molecule has 1 fully saturated rings. The third kappa shape index (κ3) is 5.93. The molecule has 1 heterocycles. The van der Waals surface area contributed by atoms with E-state index in [1.165, 1.54) is 0 Å². The monoisotopic (exact) mass is 471 g/mol. The quantitative estimate of drug-likeness (QED) is 0.642. The summed E-state index contributed by atoms with van der Waals surface area (Å²) in [5, 5.41) is 2.93. The van der Waals surface area contributed by atoms with Gasteiger partial charge >= 0.3 is 0 Å². The minimum absolute atomic E-state index is 0.0499. The van der Waals surface area contributed by atoms with Gasteiger partial charge < -0.3 is 10.2 Å². The first-order valence-electron chi connectivity index (χ1n) is 11.4. The Morgan fingerprint density at radius 3 is 2.12 bits per heavy atom. The minimum Gasteiger partial charge on any atom is -0.356 e. The number of carbonyl (C=O) groups is 2. The highest BCUT2D eigenvalue weighted by Gasteiger charge is 2.27. The number of hydrogen-bond donors (Lipinski definition) is 2. The van der Waals surface area contributed by atoms with Crippen LogP contribution in [0.15, 0.2) is 41.3 Å². The van der Waals surface area contributed by atoms with Crippen LogP contribution in [0.5, 0.6) is 0 Å². The van der Waals surface area contributed by atoms with Gasteiger partial charge in [-0.05, 0) is 75.4 Å².